The van der Waals surface area contributed by atoms with Gasteiger partial charge in [0.1, 0.15) is 0 Å². The maximum atomic E-state index is 12.8. The van der Waals surface area contributed by atoms with E-state index < -0.39 is 0 Å². The third-order valence-corrected chi connectivity index (χ3v) is 4.78. The van der Waals surface area contributed by atoms with Gasteiger partial charge in [0.05, 0.1) is 18.8 Å². The zero-order chi connectivity index (χ0) is 15.6. The van der Waals surface area contributed by atoms with Crippen molar-refractivity contribution in [1.82, 2.24) is 10.1 Å². The molecule has 5 heteroatoms. The number of aromatic nitrogens is 1. The van der Waals surface area contributed by atoms with E-state index in [1.54, 1.807) is 6.07 Å². The van der Waals surface area contributed by atoms with Gasteiger partial charge in [-0.05, 0) is 12.8 Å². The lowest BCUT2D eigenvalue weighted by atomic mass is 9.90. The Labute approximate surface area is 135 Å². The van der Waals surface area contributed by atoms with E-state index in [1.807, 2.05) is 35.2 Å². The summed E-state index contributed by atoms with van der Waals surface area (Å²) in [6.07, 6.45) is 4.58. The Balaban J connectivity index is 1.56. The molecule has 2 aliphatic rings. The van der Waals surface area contributed by atoms with Gasteiger partial charge in [-0.2, -0.15) is 0 Å². The number of hydrogen-bond donors (Lipinski definition) is 0. The van der Waals surface area contributed by atoms with Crippen LogP contribution in [0.2, 0.25) is 0 Å². The lowest BCUT2D eigenvalue weighted by Crippen LogP contribution is -2.54. The van der Waals surface area contributed by atoms with E-state index in [1.165, 1.54) is 6.42 Å². The quantitative estimate of drug-likeness (QED) is 0.855. The van der Waals surface area contributed by atoms with Crippen LogP contribution < -0.4 is 0 Å². The molecule has 1 aliphatic heterocycles. The Morgan fingerprint density at radius 2 is 2.00 bits per heavy atom. The summed E-state index contributed by atoms with van der Waals surface area (Å²) in [6, 6.07) is 11.6. The van der Waals surface area contributed by atoms with Gasteiger partial charge in [0, 0.05) is 18.2 Å². The number of benzene rings is 1. The highest BCUT2D eigenvalue weighted by Gasteiger charge is 2.37. The van der Waals surface area contributed by atoms with Crippen LogP contribution in [0.25, 0.3) is 11.3 Å². The van der Waals surface area contributed by atoms with E-state index in [9.17, 15) is 4.79 Å². The average Bonchev–Trinajstić information content (AvgIpc) is 3.11. The van der Waals surface area contributed by atoms with Gasteiger partial charge in [-0.25, -0.2) is 0 Å². The predicted molar refractivity (Wildman–Crippen MR) is 85.0 cm³/mol. The summed E-state index contributed by atoms with van der Waals surface area (Å²) in [4.78, 5) is 14.8. The fourth-order valence-electron chi connectivity index (χ4n) is 3.61. The van der Waals surface area contributed by atoms with Gasteiger partial charge >= 0.3 is 0 Å². The third kappa shape index (κ3) is 2.77. The van der Waals surface area contributed by atoms with E-state index in [-0.39, 0.29) is 18.1 Å². The van der Waals surface area contributed by atoms with Gasteiger partial charge in [-0.15, -0.1) is 0 Å². The lowest BCUT2D eigenvalue weighted by molar-refractivity contribution is -0.0755. The van der Waals surface area contributed by atoms with Crippen molar-refractivity contribution >= 4 is 5.91 Å². The minimum Gasteiger partial charge on any atom is -0.374 e. The minimum atomic E-state index is -0.0452. The molecule has 0 radical (unpaired) electrons. The van der Waals surface area contributed by atoms with Crippen molar-refractivity contribution in [3.63, 3.8) is 0 Å². The van der Waals surface area contributed by atoms with Gasteiger partial charge in [-0.3, -0.25) is 4.79 Å². The summed E-state index contributed by atoms with van der Waals surface area (Å²) in [5.41, 5.74) is 1.31. The van der Waals surface area contributed by atoms with E-state index in [4.69, 9.17) is 9.26 Å². The minimum absolute atomic E-state index is 0.0452. The van der Waals surface area contributed by atoms with Crippen molar-refractivity contribution in [3.8, 4) is 11.3 Å². The molecule has 0 bridgehead atoms. The van der Waals surface area contributed by atoms with Crippen molar-refractivity contribution < 1.29 is 14.1 Å². The van der Waals surface area contributed by atoms with Crippen LogP contribution in [-0.4, -0.2) is 41.3 Å². The van der Waals surface area contributed by atoms with Gasteiger partial charge in [0.15, 0.2) is 11.5 Å². The molecule has 1 amide bonds. The number of nitrogens with zero attached hydrogens (tertiary/aromatic N) is 2. The Morgan fingerprint density at radius 1 is 1.17 bits per heavy atom. The van der Waals surface area contributed by atoms with Crippen LogP contribution in [0.4, 0.5) is 0 Å². The molecule has 2 unspecified atom stereocenters. The van der Waals surface area contributed by atoms with Gasteiger partial charge < -0.3 is 14.2 Å². The molecule has 23 heavy (non-hydrogen) atoms. The topological polar surface area (TPSA) is 55.6 Å². The molecule has 1 aromatic carbocycles. The van der Waals surface area contributed by atoms with Crippen molar-refractivity contribution in [2.75, 3.05) is 13.2 Å². The van der Waals surface area contributed by atoms with Crippen molar-refractivity contribution in [2.24, 2.45) is 0 Å². The predicted octanol–water partition coefficient (Wildman–Crippen LogP) is 3.13. The van der Waals surface area contributed by atoms with Crippen LogP contribution in [0.3, 0.4) is 0 Å². The second-order valence-electron chi connectivity index (χ2n) is 6.20. The molecule has 2 atom stereocenters. The SMILES string of the molecule is O=C(c1cc(-c2ccccc2)on1)N1CCOC2CCCCC21. The molecule has 2 aromatic rings. The molecule has 1 aromatic heterocycles. The number of ether oxygens (including phenoxy) is 1. The maximum Gasteiger partial charge on any atom is 0.276 e. The molecule has 1 aliphatic carbocycles. The summed E-state index contributed by atoms with van der Waals surface area (Å²) < 4.78 is 11.2. The smallest absolute Gasteiger partial charge is 0.276 e. The normalized spacial score (nSPS) is 24.3. The zero-order valence-corrected chi connectivity index (χ0v) is 13.0. The standard InChI is InChI=1S/C18H20N2O3/c21-18(20-10-11-22-16-9-5-4-8-15(16)20)14-12-17(23-19-14)13-6-2-1-3-7-13/h1-3,6-7,12,15-16H,4-5,8-11H2. The first-order valence-electron chi connectivity index (χ1n) is 8.27. The van der Waals surface area contributed by atoms with Crippen molar-refractivity contribution in [3.05, 3.63) is 42.1 Å². The number of morpholine rings is 1. The van der Waals surface area contributed by atoms with Gasteiger partial charge in [0.2, 0.25) is 0 Å². The van der Waals surface area contributed by atoms with E-state index >= 15 is 0 Å². The molecule has 2 fully saturated rings. The second kappa shape index (κ2) is 6.16. The zero-order valence-electron chi connectivity index (χ0n) is 13.0. The molecular formula is C18H20N2O3. The molecule has 5 nitrogen and oxygen atoms in total. The number of carbonyl (C=O) groups is 1. The fraction of sp³-hybridized carbons (Fsp3) is 0.444. The van der Waals surface area contributed by atoms with E-state index in [0.717, 1.165) is 24.8 Å². The summed E-state index contributed by atoms with van der Waals surface area (Å²) in [5, 5.41) is 4.00. The molecule has 1 saturated heterocycles. The Morgan fingerprint density at radius 3 is 2.87 bits per heavy atom. The molecule has 1 saturated carbocycles. The molecule has 0 spiro atoms. The Hall–Kier alpha value is -2.14. The summed E-state index contributed by atoms with van der Waals surface area (Å²) in [6.45, 7) is 1.24. The molecular weight excluding hydrogens is 292 g/mol. The van der Waals surface area contributed by atoms with Crippen molar-refractivity contribution in [1.29, 1.82) is 0 Å². The third-order valence-electron chi connectivity index (χ3n) is 4.78. The first-order chi connectivity index (χ1) is 11.3. The molecule has 0 N–H and O–H groups in total. The summed E-state index contributed by atoms with van der Waals surface area (Å²) >= 11 is 0. The number of hydrogen-bond acceptors (Lipinski definition) is 4. The second-order valence-corrected chi connectivity index (χ2v) is 6.20. The number of amides is 1. The van der Waals surface area contributed by atoms with Crippen LogP contribution in [0, 0.1) is 0 Å². The first kappa shape index (κ1) is 14.5. The number of rotatable bonds is 2. The average molecular weight is 312 g/mol. The van der Waals surface area contributed by atoms with Crippen LogP contribution in [0.5, 0.6) is 0 Å². The first-order valence-corrected chi connectivity index (χ1v) is 8.27. The highest BCUT2D eigenvalue weighted by Crippen LogP contribution is 2.30. The van der Waals surface area contributed by atoms with E-state index in [0.29, 0.717) is 24.6 Å². The monoisotopic (exact) mass is 312 g/mol. The molecule has 2 heterocycles. The Kier molecular flexibility index (Phi) is 3.87. The highest BCUT2D eigenvalue weighted by molar-refractivity contribution is 5.93. The summed E-state index contributed by atoms with van der Waals surface area (Å²) in [5.74, 6) is 0.582. The fourth-order valence-corrected chi connectivity index (χ4v) is 3.61. The maximum absolute atomic E-state index is 12.8. The molecule has 120 valence electrons. The van der Waals surface area contributed by atoms with Gasteiger partial charge in [0.25, 0.3) is 5.91 Å². The number of fused-ring (bicyclic) bond motifs is 1. The van der Waals surface area contributed by atoms with Crippen LogP contribution in [-0.2, 0) is 4.74 Å². The molecule has 4 rings (SSSR count). The van der Waals surface area contributed by atoms with E-state index in [2.05, 4.69) is 5.16 Å². The number of carbonyl (C=O) groups excluding carboxylic acids is 1. The van der Waals surface area contributed by atoms with Crippen LogP contribution in [0.15, 0.2) is 40.9 Å². The van der Waals surface area contributed by atoms with Crippen molar-refractivity contribution in [2.45, 2.75) is 37.8 Å². The largest absolute Gasteiger partial charge is 0.374 e. The highest BCUT2D eigenvalue weighted by atomic mass is 16.5. The summed E-state index contributed by atoms with van der Waals surface area (Å²) in [7, 11) is 0. The van der Waals surface area contributed by atoms with Crippen LogP contribution in [0.1, 0.15) is 36.2 Å². The Bertz CT molecular complexity index is 681. The van der Waals surface area contributed by atoms with Gasteiger partial charge in [-0.1, -0.05) is 48.3 Å². The van der Waals surface area contributed by atoms with Crippen LogP contribution >= 0.6 is 0 Å². The lowest BCUT2D eigenvalue weighted by Gasteiger charge is -2.43.